The fourth-order valence-corrected chi connectivity index (χ4v) is 5.92. The molecule has 0 saturated carbocycles. The standard InChI is InChI=1S/C31H27ClN6O2/c1-20-7-11-27-25(15-20)23(10-12-29(33)39)28-13-14-31(17-38(27)28,21-5-3-2-4-6-21)36-30(40)24-9-8-22(16-26(24)32)37-18-34-35-19-37/h2-12,15-16,18-19H,13-14,17H2,1H3,(H2,33,39)(H,36,40)/b12-10+/t31-/m1/s1. The summed E-state index contributed by atoms with van der Waals surface area (Å²) in [6.07, 6.45) is 7.70. The number of amides is 2. The van der Waals surface area contributed by atoms with E-state index in [2.05, 4.69) is 38.3 Å². The topological polar surface area (TPSA) is 108 Å². The number of fused-ring (bicyclic) bond motifs is 3. The van der Waals surface area contributed by atoms with Crippen LogP contribution in [0.3, 0.4) is 0 Å². The Kier molecular flexibility index (Phi) is 6.48. The van der Waals surface area contributed by atoms with Gasteiger partial charge in [0, 0.05) is 33.9 Å². The van der Waals surface area contributed by atoms with Crippen molar-refractivity contribution in [3.8, 4) is 5.69 Å². The zero-order valence-electron chi connectivity index (χ0n) is 21.8. The molecule has 0 saturated heterocycles. The highest BCUT2D eigenvalue weighted by Gasteiger charge is 2.39. The van der Waals surface area contributed by atoms with Crippen molar-refractivity contribution in [2.45, 2.75) is 31.8 Å². The number of primary amides is 1. The molecule has 40 heavy (non-hydrogen) atoms. The lowest BCUT2D eigenvalue weighted by molar-refractivity contribution is -0.113. The Morgan fingerprint density at radius 1 is 1.05 bits per heavy atom. The molecule has 5 aromatic rings. The summed E-state index contributed by atoms with van der Waals surface area (Å²) < 4.78 is 3.98. The van der Waals surface area contributed by atoms with E-state index < -0.39 is 11.4 Å². The highest BCUT2D eigenvalue weighted by atomic mass is 35.5. The van der Waals surface area contributed by atoms with E-state index in [0.29, 0.717) is 30.0 Å². The van der Waals surface area contributed by atoms with Crippen molar-refractivity contribution >= 4 is 40.4 Å². The van der Waals surface area contributed by atoms with Gasteiger partial charge in [0.2, 0.25) is 5.91 Å². The number of rotatable bonds is 6. The van der Waals surface area contributed by atoms with Crippen molar-refractivity contribution in [2.75, 3.05) is 0 Å². The van der Waals surface area contributed by atoms with Gasteiger partial charge in [-0.1, -0.05) is 53.6 Å². The lowest BCUT2D eigenvalue weighted by atomic mass is 9.81. The first kappa shape index (κ1) is 25.6. The maximum Gasteiger partial charge on any atom is 0.253 e. The molecular formula is C31H27ClN6O2. The summed E-state index contributed by atoms with van der Waals surface area (Å²) >= 11 is 6.62. The number of hydrogen-bond donors (Lipinski definition) is 2. The first-order chi connectivity index (χ1) is 19.3. The second kappa shape index (κ2) is 10.1. The number of nitrogens with zero attached hydrogens (tertiary/aromatic N) is 4. The number of nitrogens with one attached hydrogen (secondary N) is 1. The molecule has 3 heterocycles. The molecule has 6 rings (SSSR count). The summed E-state index contributed by atoms with van der Waals surface area (Å²) in [6, 6.07) is 21.6. The zero-order valence-corrected chi connectivity index (χ0v) is 22.6. The van der Waals surface area contributed by atoms with Gasteiger partial charge in [-0.2, -0.15) is 0 Å². The van der Waals surface area contributed by atoms with E-state index >= 15 is 0 Å². The number of aromatic nitrogens is 4. The minimum absolute atomic E-state index is 0.256. The Morgan fingerprint density at radius 2 is 1.82 bits per heavy atom. The van der Waals surface area contributed by atoms with E-state index in [0.717, 1.165) is 39.0 Å². The van der Waals surface area contributed by atoms with E-state index in [9.17, 15) is 9.59 Å². The Morgan fingerprint density at radius 3 is 2.55 bits per heavy atom. The van der Waals surface area contributed by atoms with Gasteiger partial charge >= 0.3 is 0 Å². The summed E-state index contributed by atoms with van der Waals surface area (Å²) in [4.78, 5) is 25.4. The van der Waals surface area contributed by atoms with Crippen LogP contribution in [0, 0.1) is 6.92 Å². The fraction of sp³-hybridized carbons (Fsp3) is 0.161. The molecule has 3 aromatic carbocycles. The van der Waals surface area contributed by atoms with Gasteiger partial charge in [0.15, 0.2) is 0 Å². The number of carbonyl (C=O) groups excluding carboxylic acids is 2. The molecule has 3 N–H and O–H groups in total. The SMILES string of the molecule is Cc1ccc2c(c1)c(/C=C/C(N)=O)c1n2C[C@@](NC(=O)c2ccc(-n3cnnc3)cc2Cl)(c2ccccc2)CC1. The second-order valence-electron chi connectivity index (χ2n) is 10.1. The smallest absolute Gasteiger partial charge is 0.253 e. The van der Waals surface area contributed by atoms with Crippen LogP contribution in [-0.2, 0) is 23.3 Å². The Bertz CT molecular complexity index is 1770. The lowest BCUT2D eigenvalue weighted by Gasteiger charge is -2.40. The largest absolute Gasteiger partial charge is 0.366 e. The molecular weight excluding hydrogens is 524 g/mol. The van der Waals surface area contributed by atoms with Crippen LogP contribution in [0.1, 0.15) is 39.2 Å². The molecule has 0 bridgehead atoms. The van der Waals surface area contributed by atoms with Gasteiger partial charge < -0.3 is 15.6 Å². The molecule has 0 spiro atoms. The lowest BCUT2D eigenvalue weighted by Crippen LogP contribution is -2.51. The monoisotopic (exact) mass is 550 g/mol. The van der Waals surface area contributed by atoms with Gasteiger partial charge in [-0.05, 0) is 61.7 Å². The van der Waals surface area contributed by atoms with Gasteiger partial charge in [0.25, 0.3) is 5.91 Å². The number of nitrogens with two attached hydrogens (primary N) is 1. The predicted octanol–water partition coefficient (Wildman–Crippen LogP) is 4.95. The van der Waals surface area contributed by atoms with E-state index in [1.165, 1.54) is 6.08 Å². The van der Waals surface area contributed by atoms with Crippen LogP contribution in [0.15, 0.2) is 85.5 Å². The van der Waals surface area contributed by atoms with Crippen LogP contribution in [0.2, 0.25) is 5.02 Å². The van der Waals surface area contributed by atoms with Crippen LogP contribution in [0.4, 0.5) is 0 Å². The average molecular weight is 551 g/mol. The molecule has 1 aliphatic rings. The summed E-state index contributed by atoms with van der Waals surface area (Å²) in [7, 11) is 0. The summed E-state index contributed by atoms with van der Waals surface area (Å²) in [5, 5.41) is 12.4. The van der Waals surface area contributed by atoms with E-state index in [-0.39, 0.29) is 5.91 Å². The predicted molar refractivity (Wildman–Crippen MR) is 155 cm³/mol. The van der Waals surface area contributed by atoms with Crippen molar-refractivity contribution in [3.05, 3.63) is 118 Å². The van der Waals surface area contributed by atoms with E-state index in [4.69, 9.17) is 17.3 Å². The fourth-order valence-electron chi connectivity index (χ4n) is 5.66. The van der Waals surface area contributed by atoms with Crippen molar-refractivity contribution in [3.63, 3.8) is 0 Å². The third-order valence-electron chi connectivity index (χ3n) is 7.59. The van der Waals surface area contributed by atoms with E-state index in [1.54, 1.807) is 35.4 Å². The minimum Gasteiger partial charge on any atom is -0.366 e. The maximum absolute atomic E-state index is 13.8. The number of aryl methyl sites for hydroxylation is 1. The molecule has 1 atom stereocenters. The van der Waals surface area contributed by atoms with E-state index in [1.807, 2.05) is 43.3 Å². The molecule has 0 unspecified atom stereocenters. The molecule has 0 aliphatic carbocycles. The molecule has 0 radical (unpaired) electrons. The highest BCUT2D eigenvalue weighted by Crippen LogP contribution is 2.40. The molecule has 1 aliphatic heterocycles. The minimum atomic E-state index is -0.691. The number of benzene rings is 3. The van der Waals surface area contributed by atoms with Crippen LogP contribution in [0.25, 0.3) is 22.7 Å². The molecule has 2 amide bonds. The molecule has 9 heteroatoms. The van der Waals surface area contributed by atoms with Gasteiger partial charge in [0.05, 0.1) is 22.7 Å². The molecule has 8 nitrogen and oxygen atoms in total. The Labute approximate surface area is 236 Å². The van der Waals surface area contributed by atoms with Crippen molar-refractivity contribution in [1.82, 2.24) is 24.6 Å². The third-order valence-corrected chi connectivity index (χ3v) is 7.91. The quantitative estimate of drug-likeness (QED) is 0.291. The average Bonchev–Trinajstić information content (AvgIpc) is 3.58. The number of carbonyl (C=O) groups is 2. The first-order valence-electron chi connectivity index (χ1n) is 13.0. The van der Waals surface area contributed by atoms with Crippen LogP contribution < -0.4 is 11.1 Å². The van der Waals surface area contributed by atoms with Gasteiger partial charge in [-0.3, -0.25) is 14.2 Å². The molecule has 0 fully saturated rings. The van der Waals surface area contributed by atoms with Crippen LogP contribution in [0.5, 0.6) is 0 Å². The summed E-state index contributed by atoms with van der Waals surface area (Å²) in [5.41, 5.74) is 11.2. The second-order valence-corrected chi connectivity index (χ2v) is 10.5. The summed E-state index contributed by atoms with van der Waals surface area (Å²) in [6.45, 7) is 2.56. The molecule has 2 aromatic heterocycles. The van der Waals surface area contributed by atoms with Crippen LogP contribution >= 0.6 is 11.6 Å². The number of hydrogen-bond acceptors (Lipinski definition) is 4. The summed E-state index contributed by atoms with van der Waals surface area (Å²) in [5.74, 6) is -0.747. The van der Waals surface area contributed by atoms with Crippen molar-refractivity contribution < 1.29 is 9.59 Å². The third kappa shape index (κ3) is 4.56. The Balaban J connectivity index is 1.42. The Hall–Kier alpha value is -4.69. The number of halogens is 1. The normalized spacial score (nSPS) is 16.8. The van der Waals surface area contributed by atoms with Gasteiger partial charge in [-0.15, -0.1) is 10.2 Å². The van der Waals surface area contributed by atoms with Crippen molar-refractivity contribution in [2.24, 2.45) is 5.73 Å². The first-order valence-corrected chi connectivity index (χ1v) is 13.3. The zero-order chi connectivity index (χ0) is 27.9. The van der Waals surface area contributed by atoms with Crippen LogP contribution in [-0.4, -0.2) is 31.1 Å². The van der Waals surface area contributed by atoms with Gasteiger partial charge in [0.1, 0.15) is 12.7 Å². The molecule has 200 valence electrons. The van der Waals surface area contributed by atoms with Gasteiger partial charge in [-0.25, -0.2) is 0 Å². The highest BCUT2D eigenvalue weighted by molar-refractivity contribution is 6.34. The maximum atomic E-state index is 13.8. The van der Waals surface area contributed by atoms with Crippen molar-refractivity contribution in [1.29, 1.82) is 0 Å².